The van der Waals surface area contributed by atoms with Crippen LogP contribution in [0.5, 0.6) is 11.5 Å². The van der Waals surface area contributed by atoms with Crippen LogP contribution in [0.1, 0.15) is 27.4 Å². The van der Waals surface area contributed by atoms with Gasteiger partial charge < -0.3 is 14.3 Å². The number of nitrogens with zero attached hydrogens (tertiary/aromatic N) is 1. The van der Waals surface area contributed by atoms with Gasteiger partial charge in [0.15, 0.2) is 11.5 Å². The molecule has 1 aromatic carbocycles. The quantitative estimate of drug-likeness (QED) is 0.531. The molecule has 0 unspecified atom stereocenters. The minimum absolute atomic E-state index is 0.00853. The molecule has 0 aliphatic rings. The first-order valence-electron chi connectivity index (χ1n) is 6.56. The van der Waals surface area contributed by atoms with E-state index in [2.05, 4.69) is 0 Å². The zero-order valence-electron chi connectivity index (χ0n) is 12.5. The van der Waals surface area contributed by atoms with Gasteiger partial charge in [-0.05, 0) is 43.7 Å². The topological polar surface area (TPSA) is 83.5 Å². The van der Waals surface area contributed by atoms with Gasteiger partial charge in [-0.2, -0.15) is 5.26 Å². The van der Waals surface area contributed by atoms with E-state index in [0.29, 0.717) is 22.6 Å². The zero-order chi connectivity index (χ0) is 16.3. The van der Waals surface area contributed by atoms with Crippen molar-refractivity contribution < 1.29 is 19.1 Å². The average molecular weight is 297 g/mol. The maximum Gasteiger partial charge on any atom is 0.207 e. The Kier molecular flexibility index (Phi) is 4.33. The summed E-state index contributed by atoms with van der Waals surface area (Å²) in [7, 11) is 1.43. The van der Waals surface area contributed by atoms with Gasteiger partial charge >= 0.3 is 0 Å². The standard InChI is InChI=1S/C17H15NO4/c1-10-6-14(11(2)22-10)17(20)13(9-18)7-12-4-5-15(19)16(8-12)21-3/h4-8,19H,1-3H3. The summed E-state index contributed by atoms with van der Waals surface area (Å²) in [5.74, 6) is 0.958. The summed E-state index contributed by atoms with van der Waals surface area (Å²) in [5, 5.41) is 18.8. The van der Waals surface area contributed by atoms with E-state index >= 15 is 0 Å². The summed E-state index contributed by atoms with van der Waals surface area (Å²) in [6.45, 7) is 3.42. The number of phenolic OH excluding ortho intramolecular Hbond substituents is 1. The first-order valence-corrected chi connectivity index (χ1v) is 6.56. The average Bonchev–Trinajstić information content (AvgIpc) is 2.84. The second-order valence-corrected chi connectivity index (χ2v) is 4.76. The van der Waals surface area contributed by atoms with Gasteiger partial charge in [-0.3, -0.25) is 4.79 Å². The molecule has 0 amide bonds. The highest BCUT2D eigenvalue weighted by Crippen LogP contribution is 2.27. The number of rotatable bonds is 4. The molecule has 1 heterocycles. The number of benzene rings is 1. The number of hydrogen-bond donors (Lipinski definition) is 1. The van der Waals surface area contributed by atoms with Crippen molar-refractivity contribution >= 4 is 11.9 Å². The van der Waals surface area contributed by atoms with Gasteiger partial charge in [-0.25, -0.2) is 0 Å². The molecular weight excluding hydrogens is 282 g/mol. The Labute approximate surface area is 128 Å². The first kappa shape index (κ1) is 15.4. The van der Waals surface area contributed by atoms with Crippen LogP contribution in [0.4, 0.5) is 0 Å². The van der Waals surface area contributed by atoms with E-state index in [9.17, 15) is 15.2 Å². The Hall–Kier alpha value is -3.00. The molecular formula is C17H15NO4. The molecule has 0 saturated carbocycles. The summed E-state index contributed by atoms with van der Waals surface area (Å²) in [6.07, 6.45) is 1.45. The molecule has 1 aromatic heterocycles. The second kappa shape index (κ2) is 6.19. The third kappa shape index (κ3) is 3.01. The van der Waals surface area contributed by atoms with Crippen LogP contribution in [0.25, 0.3) is 6.08 Å². The van der Waals surface area contributed by atoms with Crippen LogP contribution >= 0.6 is 0 Å². The van der Waals surface area contributed by atoms with Crippen LogP contribution in [0.15, 0.2) is 34.3 Å². The number of nitriles is 1. The van der Waals surface area contributed by atoms with Gasteiger partial charge in [-0.1, -0.05) is 6.07 Å². The van der Waals surface area contributed by atoms with Crippen LogP contribution in [0.3, 0.4) is 0 Å². The van der Waals surface area contributed by atoms with E-state index in [1.165, 1.54) is 19.3 Å². The van der Waals surface area contributed by atoms with Gasteiger partial charge in [0.25, 0.3) is 0 Å². The van der Waals surface area contributed by atoms with Gasteiger partial charge in [-0.15, -0.1) is 0 Å². The number of ketones is 1. The molecule has 0 aliphatic carbocycles. The van der Waals surface area contributed by atoms with Crippen molar-refractivity contribution in [1.82, 2.24) is 0 Å². The van der Waals surface area contributed by atoms with Crippen LogP contribution in [0, 0.1) is 25.2 Å². The molecule has 5 heteroatoms. The molecule has 0 spiro atoms. The number of furan rings is 1. The SMILES string of the molecule is COc1cc(C=C(C#N)C(=O)c2cc(C)oc2C)ccc1O. The number of carbonyl (C=O) groups excluding carboxylic acids is 1. The highest BCUT2D eigenvalue weighted by atomic mass is 16.5. The lowest BCUT2D eigenvalue weighted by atomic mass is 10.0. The minimum atomic E-state index is -0.399. The van der Waals surface area contributed by atoms with Crippen molar-refractivity contribution in [2.24, 2.45) is 0 Å². The number of methoxy groups -OCH3 is 1. The van der Waals surface area contributed by atoms with Crippen molar-refractivity contribution in [1.29, 1.82) is 5.26 Å². The Morgan fingerprint density at radius 2 is 2.09 bits per heavy atom. The summed E-state index contributed by atoms with van der Waals surface area (Å²) < 4.78 is 10.3. The third-order valence-electron chi connectivity index (χ3n) is 3.17. The minimum Gasteiger partial charge on any atom is -0.504 e. The molecule has 0 fully saturated rings. The summed E-state index contributed by atoms with van der Waals surface area (Å²) in [4.78, 5) is 12.4. The summed E-state index contributed by atoms with van der Waals surface area (Å²) >= 11 is 0. The molecule has 0 aliphatic heterocycles. The van der Waals surface area contributed by atoms with Crippen LogP contribution in [0.2, 0.25) is 0 Å². The first-order chi connectivity index (χ1) is 10.5. The highest BCUT2D eigenvalue weighted by Gasteiger charge is 2.18. The lowest BCUT2D eigenvalue weighted by molar-refractivity contribution is 0.103. The number of aryl methyl sites for hydroxylation is 2. The number of ether oxygens (including phenoxy) is 1. The molecule has 2 aromatic rings. The number of Topliss-reactive ketones (excluding diaryl/α,β-unsaturated/α-hetero) is 1. The van der Waals surface area contributed by atoms with Crippen LogP contribution in [-0.2, 0) is 0 Å². The summed E-state index contributed by atoms with van der Waals surface area (Å²) in [5.41, 5.74) is 0.935. The smallest absolute Gasteiger partial charge is 0.207 e. The molecule has 112 valence electrons. The van der Waals surface area contributed by atoms with Crippen LogP contribution < -0.4 is 4.74 Å². The van der Waals surface area contributed by atoms with Gasteiger partial charge in [0.05, 0.1) is 12.7 Å². The predicted molar refractivity (Wildman–Crippen MR) is 80.8 cm³/mol. The Morgan fingerprint density at radius 1 is 1.36 bits per heavy atom. The predicted octanol–water partition coefficient (Wildman–Crippen LogP) is 3.40. The van der Waals surface area contributed by atoms with E-state index < -0.39 is 5.78 Å². The monoisotopic (exact) mass is 297 g/mol. The number of phenols is 1. The Bertz CT molecular complexity index is 793. The molecule has 0 saturated heterocycles. The lowest BCUT2D eigenvalue weighted by Crippen LogP contribution is -2.02. The fourth-order valence-corrected chi connectivity index (χ4v) is 2.10. The van der Waals surface area contributed by atoms with Gasteiger partial charge in [0.1, 0.15) is 23.2 Å². The zero-order valence-corrected chi connectivity index (χ0v) is 12.5. The molecule has 22 heavy (non-hydrogen) atoms. The molecule has 2 rings (SSSR count). The lowest BCUT2D eigenvalue weighted by Gasteiger charge is -2.04. The Balaban J connectivity index is 2.42. The summed E-state index contributed by atoms with van der Waals surface area (Å²) in [6, 6.07) is 8.10. The highest BCUT2D eigenvalue weighted by molar-refractivity contribution is 6.14. The van der Waals surface area contributed by atoms with Gasteiger partial charge in [0.2, 0.25) is 5.78 Å². The molecule has 5 nitrogen and oxygen atoms in total. The van der Waals surface area contributed by atoms with Gasteiger partial charge in [0, 0.05) is 0 Å². The van der Waals surface area contributed by atoms with E-state index in [0.717, 1.165) is 0 Å². The normalized spacial score (nSPS) is 11.1. The molecule has 0 atom stereocenters. The number of hydrogen-bond acceptors (Lipinski definition) is 5. The van der Waals surface area contributed by atoms with Crippen molar-refractivity contribution in [3.05, 3.63) is 52.5 Å². The van der Waals surface area contributed by atoms with Crippen molar-refractivity contribution in [2.45, 2.75) is 13.8 Å². The van der Waals surface area contributed by atoms with Crippen molar-refractivity contribution in [3.63, 3.8) is 0 Å². The van der Waals surface area contributed by atoms with E-state index in [4.69, 9.17) is 9.15 Å². The maximum absolute atomic E-state index is 12.4. The number of allylic oxidation sites excluding steroid dienone is 1. The number of carbonyl (C=O) groups is 1. The maximum atomic E-state index is 12.4. The largest absolute Gasteiger partial charge is 0.504 e. The van der Waals surface area contributed by atoms with Crippen LogP contribution in [-0.4, -0.2) is 18.0 Å². The fourth-order valence-electron chi connectivity index (χ4n) is 2.10. The molecule has 0 bridgehead atoms. The Morgan fingerprint density at radius 3 is 2.64 bits per heavy atom. The van der Waals surface area contributed by atoms with E-state index in [1.807, 2.05) is 6.07 Å². The fraction of sp³-hybridized carbons (Fsp3) is 0.176. The molecule has 0 radical (unpaired) electrons. The second-order valence-electron chi connectivity index (χ2n) is 4.76. The van der Waals surface area contributed by atoms with E-state index in [1.54, 1.807) is 32.0 Å². The van der Waals surface area contributed by atoms with Crippen molar-refractivity contribution in [3.8, 4) is 17.6 Å². The molecule has 1 N–H and O–H groups in total. The number of aromatic hydroxyl groups is 1. The third-order valence-corrected chi connectivity index (χ3v) is 3.17. The van der Waals surface area contributed by atoms with Crippen molar-refractivity contribution in [2.75, 3.05) is 7.11 Å². The van der Waals surface area contributed by atoms with E-state index in [-0.39, 0.29) is 17.1 Å².